The van der Waals surface area contributed by atoms with Crippen LogP contribution in [0.5, 0.6) is 0 Å². The largest absolute Gasteiger partial charge is 0.388 e. The number of hydrogen-bond donors (Lipinski definition) is 1. The van der Waals surface area contributed by atoms with Crippen LogP contribution in [0, 0.1) is 0 Å². The van der Waals surface area contributed by atoms with Gasteiger partial charge in [-0.15, -0.1) is 0 Å². The second kappa shape index (κ2) is 4.38. The molecule has 2 atom stereocenters. The molecule has 0 aromatic heterocycles. The standard InChI is InChI=1S/C12H19NO4/c1-3-12(16,4-2)7-13-10(14)8-5-6-9(17-8)11(13)15/h8-9,16H,3-7H2,1-2H3. The average Bonchev–Trinajstić information content (AvgIpc) is 2.79. The van der Waals surface area contributed by atoms with Crippen LogP contribution < -0.4 is 0 Å². The molecule has 2 aliphatic rings. The van der Waals surface area contributed by atoms with Gasteiger partial charge in [-0.25, -0.2) is 0 Å². The van der Waals surface area contributed by atoms with E-state index < -0.39 is 17.8 Å². The fourth-order valence-corrected chi connectivity index (χ4v) is 2.38. The molecule has 2 heterocycles. The third-order valence-corrected chi connectivity index (χ3v) is 3.87. The van der Waals surface area contributed by atoms with Crippen LogP contribution in [0.25, 0.3) is 0 Å². The van der Waals surface area contributed by atoms with Crippen LogP contribution in [0.4, 0.5) is 0 Å². The van der Waals surface area contributed by atoms with Crippen LogP contribution >= 0.6 is 0 Å². The number of rotatable bonds is 4. The zero-order valence-electron chi connectivity index (χ0n) is 10.3. The minimum absolute atomic E-state index is 0.0913. The number of amides is 2. The van der Waals surface area contributed by atoms with Gasteiger partial charge in [0.25, 0.3) is 11.8 Å². The monoisotopic (exact) mass is 241 g/mol. The molecule has 2 amide bonds. The van der Waals surface area contributed by atoms with E-state index in [0.29, 0.717) is 25.7 Å². The van der Waals surface area contributed by atoms with Crippen molar-refractivity contribution < 1.29 is 19.4 Å². The summed E-state index contributed by atoms with van der Waals surface area (Å²) in [6.07, 6.45) is 1.32. The summed E-state index contributed by atoms with van der Waals surface area (Å²) in [6, 6.07) is 0. The maximum Gasteiger partial charge on any atom is 0.258 e. The van der Waals surface area contributed by atoms with Gasteiger partial charge in [0.15, 0.2) is 0 Å². The highest BCUT2D eigenvalue weighted by atomic mass is 16.5. The third-order valence-electron chi connectivity index (χ3n) is 3.87. The molecule has 5 heteroatoms. The Hall–Kier alpha value is -0.940. The summed E-state index contributed by atoms with van der Waals surface area (Å²) in [5.74, 6) is -0.576. The summed E-state index contributed by atoms with van der Waals surface area (Å²) in [5.41, 5.74) is -0.970. The van der Waals surface area contributed by atoms with Gasteiger partial charge >= 0.3 is 0 Å². The number of ether oxygens (including phenoxy) is 1. The molecule has 0 saturated carbocycles. The Labute approximate surface area is 101 Å². The van der Waals surface area contributed by atoms with E-state index in [4.69, 9.17) is 4.74 Å². The van der Waals surface area contributed by atoms with Crippen molar-refractivity contribution in [1.29, 1.82) is 0 Å². The summed E-state index contributed by atoms with van der Waals surface area (Å²) >= 11 is 0. The average molecular weight is 241 g/mol. The molecular formula is C12H19NO4. The summed E-state index contributed by atoms with van der Waals surface area (Å²) < 4.78 is 5.31. The van der Waals surface area contributed by atoms with E-state index in [1.807, 2.05) is 13.8 Å². The first-order valence-electron chi connectivity index (χ1n) is 6.24. The molecular weight excluding hydrogens is 222 g/mol. The normalized spacial score (nSPS) is 29.0. The van der Waals surface area contributed by atoms with Gasteiger partial charge in [-0.05, 0) is 25.7 Å². The van der Waals surface area contributed by atoms with Crippen molar-refractivity contribution in [2.24, 2.45) is 0 Å². The second-order valence-corrected chi connectivity index (χ2v) is 4.88. The van der Waals surface area contributed by atoms with E-state index in [-0.39, 0.29) is 18.4 Å². The summed E-state index contributed by atoms with van der Waals surface area (Å²) in [6.45, 7) is 3.80. The predicted molar refractivity (Wildman–Crippen MR) is 60.1 cm³/mol. The Balaban J connectivity index is 2.15. The molecule has 96 valence electrons. The maximum atomic E-state index is 12.0. The van der Waals surface area contributed by atoms with Crippen molar-refractivity contribution in [3.8, 4) is 0 Å². The number of carbonyl (C=O) groups excluding carboxylic acids is 2. The van der Waals surface area contributed by atoms with Crippen LogP contribution in [0.3, 0.4) is 0 Å². The lowest BCUT2D eigenvalue weighted by molar-refractivity contribution is -0.172. The van der Waals surface area contributed by atoms with Crippen LogP contribution in [0.2, 0.25) is 0 Å². The van der Waals surface area contributed by atoms with Gasteiger partial charge in [0.05, 0.1) is 12.1 Å². The number of nitrogens with zero attached hydrogens (tertiary/aromatic N) is 1. The molecule has 2 saturated heterocycles. The van der Waals surface area contributed by atoms with Gasteiger partial charge < -0.3 is 9.84 Å². The van der Waals surface area contributed by atoms with Crippen molar-refractivity contribution >= 4 is 11.8 Å². The maximum absolute atomic E-state index is 12.0. The number of imide groups is 1. The van der Waals surface area contributed by atoms with E-state index in [0.717, 1.165) is 0 Å². The van der Waals surface area contributed by atoms with E-state index in [9.17, 15) is 14.7 Å². The molecule has 0 aromatic rings. The predicted octanol–water partition coefficient (Wildman–Crippen LogP) is 0.454. The fraction of sp³-hybridized carbons (Fsp3) is 0.833. The molecule has 2 aliphatic heterocycles. The number of β-amino-alcohol motifs (C(OH)–C–C–N with tert-alkyl or cyclic N) is 1. The Morgan fingerprint density at radius 1 is 1.24 bits per heavy atom. The number of fused-ring (bicyclic) bond motifs is 2. The topological polar surface area (TPSA) is 66.8 Å². The first kappa shape index (κ1) is 12.5. The van der Waals surface area contributed by atoms with Gasteiger partial charge in [0.2, 0.25) is 0 Å². The summed E-state index contributed by atoms with van der Waals surface area (Å²) in [7, 11) is 0. The van der Waals surface area contributed by atoms with Crippen LogP contribution in [-0.2, 0) is 14.3 Å². The molecule has 2 unspecified atom stereocenters. The van der Waals surface area contributed by atoms with Gasteiger partial charge in [0.1, 0.15) is 12.2 Å². The smallest absolute Gasteiger partial charge is 0.258 e. The highest BCUT2D eigenvalue weighted by Crippen LogP contribution is 2.30. The van der Waals surface area contributed by atoms with Gasteiger partial charge in [0, 0.05) is 0 Å². The number of carbonyl (C=O) groups is 2. The first-order chi connectivity index (χ1) is 8.00. The SMILES string of the molecule is CCC(O)(CC)CN1C(=O)C2CCC(O2)C1=O. The van der Waals surface area contributed by atoms with Gasteiger partial charge in [-0.2, -0.15) is 0 Å². The van der Waals surface area contributed by atoms with E-state index in [2.05, 4.69) is 0 Å². The Morgan fingerprint density at radius 3 is 2.12 bits per heavy atom. The third kappa shape index (κ3) is 2.09. The summed E-state index contributed by atoms with van der Waals surface area (Å²) in [4.78, 5) is 25.1. The minimum Gasteiger partial charge on any atom is -0.388 e. The lowest BCUT2D eigenvalue weighted by Crippen LogP contribution is -2.56. The van der Waals surface area contributed by atoms with Gasteiger partial charge in [-0.3, -0.25) is 14.5 Å². The van der Waals surface area contributed by atoms with E-state index >= 15 is 0 Å². The molecule has 0 spiro atoms. The Morgan fingerprint density at radius 2 is 1.71 bits per heavy atom. The molecule has 17 heavy (non-hydrogen) atoms. The zero-order valence-corrected chi connectivity index (χ0v) is 10.3. The highest BCUT2D eigenvalue weighted by molar-refractivity contribution is 6.02. The van der Waals surface area contributed by atoms with E-state index in [1.165, 1.54) is 4.90 Å². The Kier molecular flexibility index (Phi) is 3.23. The number of aliphatic hydroxyl groups is 1. The van der Waals surface area contributed by atoms with Crippen molar-refractivity contribution in [2.75, 3.05) is 6.54 Å². The lowest BCUT2D eigenvalue weighted by atomic mass is 9.96. The highest BCUT2D eigenvalue weighted by Gasteiger charge is 2.48. The Bertz CT molecular complexity index is 315. The number of hydrogen-bond acceptors (Lipinski definition) is 4. The first-order valence-corrected chi connectivity index (χ1v) is 6.24. The number of morpholine rings is 1. The van der Waals surface area contributed by atoms with Crippen molar-refractivity contribution in [1.82, 2.24) is 4.90 Å². The lowest BCUT2D eigenvalue weighted by Gasteiger charge is -2.36. The van der Waals surface area contributed by atoms with Crippen molar-refractivity contribution in [2.45, 2.75) is 57.3 Å². The molecule has 0 radical (unpaired) electrons. The van der Waals surface area contributed by atoms with Crippen LogP contribution in [-0.4, -0.2) is 46.2 Å². The molecule has 0 aliphatic carbocycles. The molecule has 5 nitrogen and oxygen atoms in total. The van der Waals surface area contributed by atoms with E-state index in [1.54, 1.807) is 0 Å². The molecule has 2 rings (SSSR count). The fourth-order valence-electron chi connectivity index (χ4n) is 2.38. The van der Waals surface area contributed by atoms with Crippen LogP contribution in [0.15, 0.2) is 0 Å². The number of likely N-dealkylation sites (tertiary alicyclic amines) is 1. The van der Waals surface area contributed by atoms with Crippen molar-refractivity contribution in [3.63, 3.8) is 0 Å². The minimum atomic E-state index is -0.970. The molecule has 0 aromatic carbocycles. The van der Waals surface area contributed by atoms with Crippen molar-refractivity contribution in [3.05, 3.63) is 0 Å². The molecule has 2 fully saturated rings. The van der Waals surface area contributed by atoms with Crippen LogP contribution in [0.1, 0.15) is 39.5 Å². The molecule has 2 bridgehead atoms. The molecule has 1 N–H and O–H groups in total. The second-order valence-electron chi connectivity index (χ2n) is 4.88. The quantitative estimate of drug-likeness (QED) is 0.726. The zero-order chi connectivity index (χ0) is 12.6. The van der Waals surface area contributed by atoms with Gasteiger partial charge in [-0.1, -0.05) is 13.8 Å². The summed E-state index contributed by atoms with van der Waals surface area (Å²) in [5, 5.41) is 10.2.